The monoisotopic (exact) mass is 347 g/mol. The number of methoxy groups -OCH3 is 1. The fraction of sp³-hybridized carbons (Fsp3) is 0.222. The highest BCUT2D eigenvalue weighted by molar-refractivity contribution is 6.31. The topological polar surface area (TPSA) is 64.6 Å². The van der Waals surface area contributed by atoms with Crippen LogP contribution in [0.5, 0.6) is 5.75 Å². The molecule has 0 heterocycles. The van der Waals surface area contributed by atoms with E-state index in [-0.39, 0.29) is 5.56 Å². The van der Waals surface area contributed by atoms with E-state index in [0.29, 0.717) is 16.5 Å². The summed E-state index contributed by atoms with van der Waals surface area (Å²) in [5.74, 6) is -0.662. The summed E-state index contributed by atoms with van der Waals surface area (Å²) >= 11 is 5.91. The van der Waals surface area contributed by atoms with Crippen LogP contribution in [-0.2, 0) is 9.53 Å². The Morgan fingerprint density at radius 1 is 1.12 bits per heavy atom. The molecule has 0 spiro atoms. The number of nitrogens with one attached hydrogen (secondary N) is 1. The Balaban J connectivity index is 2.00. The summed E-state index contributed by atoms with van der Waals surface area (Å²) in [6.07, 6.45) is 0. The molecule has 126 valence electrons. The van der Waals surface area contributed by atoms with Crippen LogP contribution in [0, 0.1) is 13.8 Å². The maximum absolute atomic E-state index is 12.2. The first-order valence-electron chi connectivity index (χ1n) is 7.28. The molecule has 0 saturated carbocycles. The highest BCUT2D eigenvalue weighted by atomic mass is 35.5. The van der Waals surface area contributed by atoms with Gasteiger partial charge < -0.3 is 14.8 Å². The number of benzene rings is 2. The molecule has 2 rings (SSSR count). The number of ether oxygens (including phenoxy) is 2. The lowest BCUT2D eigenvalue weighted by atomic mass is 10.1. The first-order valence-corrected chi connectivity index (χ1v) is 7.66. The summed E-state index contributed by atoms with van der Waals surface area (Å²) in [7, 11) is 1.47. The minimum atomic E-state index is -0.617. The van der Waals surface area contributed by atoms with Crippen LogP contribution in [-0.4, -0.2) is 25.6 Å². The Morgan fingerprint density at radius 2 is 1.88 bits per heavy atom. The Kier molecular flexibility index (Phi) is 5.82. The predicted molar refractivity (Wildman–Crippen MR) is 92.8 cm³/mol. The maximum Gasteiger partial charge on any atom is 0.342 e. The van der Waals surface area contributed by atoms with Crippen molar-refractivity contribution in [1.29, 1.82) is 0 Å². The third-order valence-corrected chi connectivity index (χ3v) is 3.62. The molecule has 0 aliphatic heterocycles. The molecule has 0 aliphatic carbocycles. The van der Waals surface area contributed by atoms with Gasteiger partial charge in [-0.3, -0.25) is 4.79 Å². The Morgan fingerprint density at radius 3 is 2.58 bits per heavy atom. The van der Waals surface area contributed by atoms with Crippen molar-refractivity contribution in [2.45, 2.75) is 13.8 Å². The molecule has 0 aliphatic rings. The predicted octanol–water partition coefficient (Wildman–Crippen LogP) is 3.76. The molecule has 6 heteroatoms. The first kappa shape index (κ1) is 17.8. The van der Waals surface area contributed by atoms with Gasteiger partial charge in [0.2, 0.25) is 0 Å². The van der Waals surface area contributed by atoms with Crippen molar-refractivity contribution in [3.8, 4) is 5.75 Å². The zero-order valence-corrected chi connectivity index (χ0v) is 14.4. The SMILES string of the molecule is COc1ccc(C)cc1C(=O)OCC(=O)Nc1cc(Cl)ccc1C. The lowest BCUT2D eigenvalue weighted by Gasteiger charge is -2.11. The van der Waals surface area contributed by atoms with Gasteiger partial charge in [0.25, 0.3) is 5.91 Å². The number of carbonyl (C=O) groups excluding carboxylic acids is 2. The van der Waals surface area contributed by atoms with Crippen LogP contribution in [0.4, 0.5) is 5.69 Å². The Hall–Kier alpha value is -2.53. The second-order valence-corrected chi connectivity index (χ2v) is 5.72. The van der Waals surface area contributed by atoms with Crippen molar-refractivity contribution in [2.75, 3.05) is 19.0 Å². The number of hydrogen-bond donors (Lipinski definition) is 1. The van der Waals surface area contributed by atoms with Crippen molar-refractivity contribution in [3.05, 3.63) is 58.1 Å². The van der Waals surface area contributed by atoms with Crippen LogP contribution < -0.4 is 10.1 Å². The molecule has 24 heavy (non-hydrogen) atoms. The molecule has 0 unspecified atom stereocenters. The van der Waals surface area contributed by atoms with Crippen LogP contribution in [0.2, 0.25) is 5.02 Å². The molecular weight excluding hydrogens is 330 g/mol. The number of esters is 1. The molecule has 1 amide bonds. The van der Waals surface area contributed by atoms with E-state index in [1.807, 2.05) is 19.9 Å². The molecule has 1 N–H and O–H groups in total. The fourth-order valence-corrected chi connectivity index (χ4v) is 2.28. The molecule has 2 aromatic rings. The molecule has 0 bridgehead atoms. The van der Waals surface area contributed by atoms with E-state index in [4.69, 9.17) is 21.1 Å². The van der Waals surface area contributed by atoms with Gasteiger partial charge in [-0.25, -0.2) is 4.79 Å². The third-order valence-electron chi connectivity index (χ3n) is 3.38. The molecule has 0 fully saturated rings. The van der Waals surface area contributed by atoms with E-state index in [0.717, 1.165) is 11.1 Å². The molecule has 2 aromatic carbocycles. The van der Waals surface area contributed by atoms with Crippen LogP contribution in [0.15, 0.2) is 36.4 Å². The standard InChI is InChI=1S/C18H18ClNO4/c1-11-4-7-16(23-3)14(8-11)18(22)24-10-17(21)20-15-9-13(19)6-5-12(15)2/h4-9H,10H2,1-3H3,(H,20,21). The summed E-state index contributed by atoms with van der Waals surface area (Å²) in [4.78, 5) is 24.1. The van der Waals surface area contributed by atoms with Crippen molar-refractivity contribution in [2.24, 2.45) is 0 Å². The van der Waals surface area contributed by atoms with E-state index in [1.54, 1.807) is 30.3 Å². The number of rotatable bonds is 5. The summed E-state index contributed by atoms with van der Waals surface area (Å²) in [6, 6.07) is 10.3. The minimum absolute atomic E-state index is 0.282. The van der Waals surface area contributed by atoms with Crippen LogP contribution in [0.25, 0.3) is 0 Å². The third kappa shape index (κ3) is 4.49. The Labute approximate surface area is 145 Å². The summed E-state index contributed by atoms with van der Waals surface area (Å²) in [6.45, 7) is 3.29. The number of carbonyl (C=O) groups is 2. The van der Waals surface area contributed by atoms with E-state index in [2.05, 4.69) is 5.32 Å². The van der Waals surface area contributed by atoms with E-state index in [1.165, 1.54) is 7.11 Å². The van der Waals surface area contributed by atoms with Crippen molar-refractivity contribution in [1.82, 2.24) is 0 Å². The number of halogens is 1. The van der Waals surface area contributed by atoms with Crippen molar-refractivity contribution < 1.29 is 19.1 Å². The average molecular weight is 348 g/mol. The second kappa shape index (κ2) is 7.84. The zero-order chi connectivity index (χ0) is 17.7. The van der Waals surface area contributed by atoms with Gasteiger partial charge in [0.15, 0.2) is 6.61 Å². The van der Waals surface area contributed by atoms with Gasteiger partial charge in [0, 0.05) is 10.7 Å². The smallest absolute Gasteiger partial charge is 0.342 e. The quantitative estimate of drug-likeness (QED) is 0.836. The molecule has 0 aromatic heterocycles. The van der Waals surface area contributed by atoms with Gasteiger partial charge in [-0.1, -0.05) is 29.3 Å². The van der Waals surface area contributed by atoms with E-state index < -0.39 is 18.5 Å². The molecular formula is C18H18ClNO4. The first-order chi connectivity index (χ1) is 11.4. The van der Waals surface area contributed by atoms with Crippen LogP contribution in [0.3, 0.4) is 0 Å². The van der Waals surface area contributed by atoms with E-state index >= 15 is 0 Å². The van der Waals surface area contributed by atoms with Gasteiger partial charge in [0.05, 0.1) is 7.11 Å². The summed E-state index contributed by atoms with van der Waals surface area (Å²) < 4.78 is 10.2. The second-order valence-electron chi connectivity index (χ2n) is 5.29. The molecule has 5 nitrogen and oxygen atoms in total. The number of hydrogen-bond acceptors (Lipinski definition) is 4. The number of amides is 1. The lowest BCUT2D eigenvalue weighted by Crippen LogP contribution is -2.21. The van der Waals surface area contributed by atoms with Gasteiger partial charge in [0.1, 0.15) is 11.3 Å². The number of anilines is 1. The highest BCUT2D eigenvalue weighted by Gasteiger charge is 2.16. The highest BCUT2D eigenvalue weighted by Crippen LogP contribution is 2.21. The van der Waals surface area contributed by atoms with E-state index in [9.17, 15) is 9.59 Å². The zero-order valence-electron chi connectivity index (χ0n) is 13.7. The van der Waals surface area contributed by atoms with Crippen LogP contribution >= 0.6 is 11.6 Å². The van der Waals surface area contributed by atoms with Gasteiger partial charge in [-0.2, -0.15) is 0 Å². The normalized spacial score (nSPS) is 10.2. The molecule has 0 radical (unpaired) electrons. The minimum Gasteiger partial charge on any atom is -0.496 e. The summed E-state index contributed by atoms with van der Waals surface area (Å²) in [5, 5.41) is 3.18. The van der Waals surface area contributed by atoms with Gasteiger partial charge >= 0.3 is 5.97 Å². The lowest BCUT2D eigenvalue weighted by molar-refractivity contribution is -0.119. The van der Waals surface area contributed by atoms with Gasteiger partial charge in [-0.15, -0.1) is 0 Å². The molecule has 0 saturated heterocycles. The van der Waals surface area contributed by atoms with Crippen molar-refractivity contribution >= 4 is 29.2 Å². The summed E-state index contributed by atoms with van der Waals surface area (Å²) in [5.41, 5.74) is 2.61. The van der Waals surface area contributed by atoms with Crippen molar-refractivity contribution in [3.63, 3.8) is 0 Å². The number of aryl methyl sites for hydroxylation is 2. The van der Waals surface area contributed by atoms with Crippen LogP contribution in [0.1, 0.15) is 21.5 Å². The fourth-order valence-electron chi connectivity index (χ4n) is 2.11. The maximum atomic E-state index is 12.2. The largest absolute Gasteiger partial charge is 0.496 e. The Bertz CT molecular complexity index is 774. The average Bonchev–Trinajstić information content (AvgIpc) is 2.56. The molecule has 0 atom stereocenters. The van der Waals surface area contributed by atoms with Gasteiger partial charge in [-0.05, 0) is 43.7 Å².